The summed E-state index contributed by atoms with van der Waals surface area (Å²) in [4.78, 5) is 7.95. The second kappa shape index (κ2) is 2.10. The van der Waals surface area contributed by atoms with Crippen LogP contribution >= 0.6 is 0 Å². The highest BCUT2D eigenvalue weighted by Gasteiger charge is 2.01. The number of nitrogens with one attached hydrogen (secondary N) is 1. The van der Waals surface area contributed by atoms with Gasteiger partial charge in [-0.05, 0) is 6.08 Å². The smallest absolute Gasteiger partial charge is 0.116 e. The van der Waals surface area contributed by atoms with E-state index >= 15 is 0 Å². The van der Waals surface area contributed by atoms with Gasteiger partial charge in [0.05, 0.1) is 17.6 Å². The average Bonchev–Trinajstić information content (AvgIpc) is 2.05. The number of hydrogen-bond acceptors (Lipinski definition) is 3. The molecule has 0 radical (unpaired) electrons. The second-order valence-corrected chi connectivity index (χ2v) is 2.10. The number of nitrogens with zero attached hydrogens (tertiary/aromatic N) is 2. The van der Waals surface area contributed by atoms with Gasteiger partial charge in [-0.25, -0.2) is 9.97 Å². The van der Waals surface area contributed by atoms with Crippen molar-refractivity contribution in [3.8, 4) is 0 Å². The van der Waals surface area contributed by atoms with Gasteiger partial charge in [0.15, 0.2) is 0 Å². The summed E-state index contributed by atoms with van der Waals surface area (Å²) in [5.41, 5.74) is 1.99. The minimum absolute atomic E-state index is 0.875. The van der Waals surface area contributed by atoms with Crippen molar-refractivity contribution >= 4 is 11.8 Å². The number of rotatable bonds is 0. The van der Waals surface area contributed by atoms with E-state index in [2.05, 4.69) is 15.3 Å². The maximum Gasteiger partial charge on any atom is 0.116 e. The summed E-state index contributed by atoms with van der Waals surface area (Å²) in [6.07, 6.45) is 7.37. The van der Waals surface area contributed by atoms with E-state index in [1.165, 1.54) is 0 Å². The Morgan fingerprint density at radius 3 is 3.40 bits per heavy atom. The second-order valence-electron chi connectivity index (χ2n) is 2.10. The highest BCUT2D eigenvalue weighted by atomic mass is 14.9. The summed E-state index contributed by atoms with van der Waals surface area (Å²) in [5.74, 6) is 0. The molecule has 10 heavy (non-hydrogen) atoms. The Hall–Kier alpha value is -1.38. The normalized spacial score (nSPS) is 14.0. The van der Waals surface area contributed by atoms with Crippen molar-refractivity contribution in [2.24, 2.45) is 0 Å². The van der Waals surface area contributed by atoms with Gasteiger partial charge in [0.1, 0.15) is 6.33 Å². The molecule has 0 atom stereocenters. The third kappa shape index (κ3) is 0.757. The van der Waals surface area contributed by atoms with Gasteiger partial charge in [0.2, 0.25) is 0 Å². The van der Waals surface area contributed by atoms with Gasteiger partial charge in [-0.2, -0.15) is 0 Å². The van der Waals surface area contributed by atoms with Gasteiger partial charge >= 0.3 is 0 Å². The van der Waals surface area contributed by atoms with E-state index in [0.717, 1.165) is 17.9 Å². The fraction of sp³-hybridized carbons (Fsp3) is 0.143. The van der Waals surface area contributed by atoms with Crippen molar-refractivity contribution in [1.29, 1.82) is 0 Å². The van der Waals surface area contributed by atoms with Crippen LogP contribution in [-0.2, 0) is 0 Å². The van der Waals surface area contributed by atoms with Gasteiger partial charge in [-0.15, -0.1) is 0 Å². The molecule has 0 aromatic carbocycles. The van der Waals surface area contributed by atoms with Crippen LogP contribution in [0.25, 0.3) is 6.08 Å². The van der Waals surface area contributed by atoms with Gasteiger partial charge in [0.25, 0.3) is 0 Å². The Kier molecular flexibility index (Phi) is 1.13. The minimum Gasteiger partial charge on any atom is -0.379 e. The molecule has 0 bridgehead atoms. The fourth-order valence-electron chi connectivity index (χ4n) is 0.948. The molecule has 0 fully saturated rings. The van der Waals surface area contributed by atoms with Gasteiger partial charge in [0, 0.05) is 6.54 Å². The molecule has 1 aliphatic rings. The predicted octanol–water partition coefficient (Wildman–Crippen LogP) is 0.915. The molecule has 1 N–H and O–H groups in total. The van der Waals surface area contributed by atoms with Crippen LogP contribution in [0.2, 0.25) is 0 Å². The summed E-state index contributed by atoms with van der Waals surface area (Å²) in [7, 11) is 0. The van der Waals surface area contributed by atoms with E-state index in [4.69, 9.17) is 0 Å². The Labute approximate surface area is 58.8 Å². The van der Waals surface area contributed by atoms with E-state index in [9.17, 15) is 0 Å². The Balaban J connectivity index is 2.54. The molecular weight excluding hydrogens is 126 g/mol. The maximum absolute atomic E-state index is 4.06. The van der Waals surface area contributed by atoms with Crippen molar-refractivity contribution in [2.45, 2.75) is 0 Å². The lowest BCUT2D eigenvalue weighted by Crippen LogP contribution is -2.05. The molecule has 0 aliphatic carbocycles. The third-order valence-electron chi connectivity index (χ3n) is 1.43. The molecule has 0 spiro atoms. The van der Waals surface area contributed by atoms with Crippen molar-refractivity contribution in [1.82, 2.24) is 9.97 Å². The molecule has 2 heterocycles. The number of aromatic nitrogens is 2. The largest absolute Gasteiger partial charge is 0.379 e. The molecular formula is C7H7N3. The van der Waals surface area contributed by atoms with Crippen molar-refractivity contribution in [2.75, 3.05) is 11.9 Å². The van der Waals surface area contributed by atoms with E-state index in [0.29, 0.717) is 0 Å². The zero-order chi connectivity index (χ0) is 6.81. The van der Waals surface area contributed by atoms with E-state index in [1.807, 2.05) is 12.2 Å². The zero-order valence-electron chi connectivity index (χ0n) is 5.41. The summed E-state index contributed by atoms with van der Waals surface area (Å²) >= 11 is 0. The minimum atomic E-state index is 0.875. The summed E-state index contributed by atoms with van der Waals surface area (Å²) in [6.45, 7) is 0.875. The van der Waals surface area contributed by atoms with Crippen molar-refractivity contribution in [3.05, 3.63) is 24.3 Å². The molecule has 0 amide bonds. The fourth-order valence-corrected chi connectivity index (χ4v) is 0.948. The first kappa shape index (κ1) is 5.41. The molecule has 0 saturated carbocycles. The molecule has 0 saturated heterocycles. The third-order valence-corrected chi connectivity index (χ3v) is 1.43. The van der Waals surface area contributed by atoms with Crippen LogP contribution in [0.5, 0.6) is 0 Å². The lowest BCUT2D eigenvalue weighted by atomic mass is 10.2. The van der Waals surface area contributed by atoms with E-state index in [1.54, 1.807) is 12.5 Å². The van der Waals surface area contributed by atoms with Crippen molar-refractivity contribution < 1.29 is 0 Å². The standard InChI is InChI=1S/C7H7N3/c1-2-6-7(9-3-1)4-8-5-10-6/h1-2,4-5,9H,3H2. The summed E-state index contributed by atoms with van der Waals surface area (Å²) in [5, 5.41) is 3.15. The van der Waals surface area contributed by atoms with Crippen LogP contribution in [0.4, 0.5) is 5.69 Å². The van der Waals surface area contributed by atoms with Crippen LogP contribution in [0.15, 0.2) is 18.6 Å². The molecule has 1 aromatic rings. The molecule has 0 unspecified atom stereocenters. The highest BCUT2D eigenvalue weighted by molar-refractivity contribution is 5.65. The lowest BCUT2D eigenvalue weighted by molar-refractivity contribution is 1.12. The Morgan fingerprint density at radius 1 is 1.50 bits per heavy atom. The molecule has 3 nitrogen and oxygen atoms in total. The monoisotopic (exact) mass is 133 g/mol. The molecule has 50 valence electrons. The van der Waals surface area contributed by atoms with Crippen LogP contribution in [-0.4, -0.2) is 16.5 Å². The highest BCUT2D eigenvalue weighted by Crippen LogP contribution is 2.14. The van der Waals surface area contributed by atoms with Crippen LogP contribution in [0.3, 0.4) is 0 Å². The SMILES string of the molecule is C1=Cc2ncncc2NC1. The molecule has 2 rings (SSSR count). The first-order chi connectivity index (χ1) is 4.97. The van der Waals surface area contributed by atoms with Gasteiger partial charge < -0.3 is 5.32 Å². The van der Waals surface area contributed by atoms with E-state index < -0.39 is 0 Å². The maximum atomic E-state index is 4.06. The summed E-state index contributed by atoms with van der Waals surface area (Å²) in [6, 6.07) is 0. The molecule has 3 heteroatoms. The first-order valence-corrected chi connectivity index (χ1v) is 3.17. The topological polar surface area (TPSA) is 37.8 Å². The van der Waals surface area contributed by atoms with Crippen LogP contribution in [0, 0.1) is 0 Å². The number of anilines is 1. The number of hydrogen-bond donors (Lipinski definition) is 1. The Bertz CT molecular complexity index is 267. The van der Waals surface area contributed by atoms with Crippen LogP contribution < -0.4 is 5.32 Å². The zero-order valence-corrected chi connectivity index (χ0v) is 5.41. The molecule has 1 aromatic heterocycles. The molecule has 1 aliphatic heterocycles. The first-order valence-electron chi connectivity index (χ1n) is 3.17. The van der Waals surface area contributed by atoms with Crippen molar-refractivity contribution in [3.63, 3.8) is 0 Å². The quantitative estimate of drug-likeness (QED) is 0.571. The summed E-state index contributed by atoms with van der Waals surface area (Å²) < 4.78 is 0. The number of fused-ring (bicyclic) bond motifs is 1. The van der Waals surface area contributed by atoms with Gasteiger partial charge in [-0.1, -0.05) is 6.08 Å². The average molecular weight is 133 g/mol. The predicted molar refractivity (Wildman–Crippen MR) is 39.6 cm³/mol. The Morgan fingerprint density at radius 2 is 2.50 bits per heavy atom. The van der Waals surface area contributed by atoms with E-state index in [-0.39, 0.29) is 0 Å². The lowest BCUT2D eigenvalue weighted by Gasteiger charge is -2.09. The van der Waals surface area contributed by atoms with Gasteiger partial charge in [-0.3, -0.25) is 0 Å². The van der Waals surface area contributed by atoms with Crippen LogP contribution in [0.1, 0.15) is 5.69 Å².